The van der Waals surface area contributed by atoms with Gasteiger partial charge in [-0.3, -0.25) is 0 Å². The molecule has 0 spiro atoms. The van der Waals surface area contributed by atoms with E-state index in [2.05, 4.69) is 20.6 Å². The Kier molecular flexibility index (Phi) is 5.55. The van der Waals surface area contributed by atoms with E-state index < -0.39 is 20.9 Å². The minimum atomic E-state index is -3.46. The molecule has 8 nitrogen and oxygen atoms in total. The van der Waals surface area contributed by atoms with Crippen molar-refractivity contribution in [3.63, 3.8) is 0 Å². The fourth-order valence-corrected chi connectivity index (χ4v) is 4.93. The molecule has 29 heavy (non-hydrogen) atoms. The van der Waals surface area contributed by atoms with Crippen LogP contribution in [0.1, 0.15) is 25.7 Å². The number of halogens is 1. The molecule has 2 heterocycles. The third-order valence-electron chi connectivity index (χ3n) is 5.03. The normalized spacial score (nSPS) is 17.7. The standard InChI is InChI=1S/C19H23FN4O4S/c1-27-17-18(22-11-23-19(17)28-12-6-8-21-9-7-12)24-16-5-4-14(10-15(16)20)29(25,26)13-2-3-13/h4-5,10-13,21H,2-3,6-9H2,1H3,(H,22,23,24). The monoisotopic (exact) mass is 422 g/mol. The van der Waals surface area contributed by atoms with Crippen molar-refractivity contribution in [2.45, 2.75) is 41.9 Å². The molecule has 0 bridgehead atoms. The second kappa shape index (κ2) is 8.11. The number of sulfone groups is 1. The van der Waals surface area contributed by atoms with Gasteiger partial charge in [0.15, 0.2) is 15.7 Å². The minimum absolute atomic E-state index is 0.00682. The predicted molar refractivity (Wildman–Crippen MR) is 105 cm³/mol. The molecule has 1 aliphatic carbocycles. The molecule has 4 rings (SSSR count). The van der Waals surface area contributed by atoms with Crippen molar-refractivity contribution in [2.75, 3.05) is 25.5 Å². The fourth-order valence-electron chi connectivity index (χ4n) is 3.26. The van der Waals surface area contributed by atoms with Crippen molar-refractivity contribution in [3.05, 3.63) is 30.3 Å². The first-order valence-electron chi connectivity index (χ1n) is 9.56. The van der Waals surface area contributed by atoms with Crippen LogP contribution in [0.3, 0.4) is 0 Å². The second-order valence-electron chi connectivity index (χ2n) is 7.14. The first-order valence-corrected chi connectivity index (χ1v) is 11.1. The summed E-state index contributed by atoms with van der Waals surface area (Å²) in [5.41, 5.74) is 0.0876. The zero-order valence-electron chi connectivity index (χ0n) is 16.0. The number of piperidine rings is 1. The molecule has 1 aliphatic heterocycles. The number of ether oxygens (including phenoxy) is 2. The second-order valence-corrected chi connectivity index (χ2v) is 9.37. The summed E-state index contributed by atoms with van der Waals surface area (Å²) < 4.78 is 50.6. The molecule has 1 saturated carbocycles. The van der Waals surface area contributed by atoms with Crippen molar-refractivity contribution >= 4 is 21.3 Å². The Morgan fingerprint density at radius 2 is 1.93 bits per heavy atom. The van der Waals surface area contributed by atoms with Crippen molar-refractivity contribution in [1.29, 1.82) is 0 Å². The first kappa shape index (κ1) is 19.8. The first-order chi connectivity index (χ1) is 14.0. The SMILES string of the molecule is COc1c(Nc2ccc(S(=O)(=O)C3CC3)cc2F)ncnc1OC1CCNCC1. The van der Waals surface area contributed by atoms with Crippen LogP contribution in [-0.2, 0) is 9.84 Å². The highest BCUT2D eigenvalue weighted by Crippen LogP contribution is 2.37. The lowest BCUT2D eigenvalue weighted by Crippen LogP contribution is -2.34. The van der Waals surface area contributed by atoms with E-state index in [1.54, 1.807) is 0 Å². The number of hydrogen-bond donors (Lipinski definition) is 2. The lowest BCUT2D eigenvalue weighted by molar-refractivity contribution is 0.149. The van der Waals surface area contributed by atoms with Gasteiger partial charge in [0, 0.05) is 0 Å². The number of methoxy groups -OCH3 is 1. The van der Waals surface area contributed by atoms with E-state index in [4.69, 9.17) is 9.47 Å². The summed E-state index contributed by atoms with van der Waals surface area (Å²) in [6.45, 7) is 1.73. The van der Waals surface area contributed by atoms with Gasteiger partial charge in [0.25, 0.3) is 5.88 Å². The van der Waals surface area contributed by atoms with E-state index in [1.807, 2.05) is 0 Å². The highest BCUT2D eigenvalue weighted by Gasteiger charge is 2.37. The topological polar surface area (TPSA) is 102 Å². The molecular weight excluding hydrogens is 399 g/mol. The van der Waals surface area contributed by atoms with Gasteiger partial charge in [0.2, 0.25) is 5.75 Å². The summed E-state index contributed by atoms with van der Waals surface area (Å²) in [4.78, 5) is 8.27. The molecular formula is C19H23FN4O4S. The van der Waals surface area contributed by atoms with Crippen LogP contribution < -0.4 is 20.1 Å². The number of rotatable bonds is 7. The van der Waals surface area contributed by atoms with E-state index in [1.165, 1.54) is 25.6 Å². The zero-order valence-corrected chi connectivity index (χ0v) is 16.8. The molecule has 0 atom stereocenters. The maximum atomic E-state index is 14.6. The predicted octanol–water partition coefficient (Wildman–Crippen LogP) is 2.43. The quantitative estimate of drug-likeness (QED) is 0.701. The number of nitrogens with zero attached hydrogens (tertiary/aromatic N) is 2. The summed E-state index contributed by atoms with van der Waals surface area (Å²) >= 11 is 0. The summed E-state index contributed by atoms with van der Waals surface area (Å²) in [6, 6.07) is 3.83. The van der Waals surface area contributed by atoms with Crippen LogP contribution in [0.15, 0.2) is 29.4 Å². The van der Waals surface area contributed by atoms with Crippen LogP contribution >= 0.6 is 0 Å². The van der Waals surface area contributed by atoms with E-state index in [0.29, 0.717) is 12.8 Å². The smallest absolute Gasteiger partial charge is 0.262 e. The van der Waals surface area contributed by atoms with Gasteiger partial charge < -0.3 is 20.1 Å². The average Bonchev–Trinajstić information content (AvgIpc) is 3.56. The zero-order chi connectivity index (χ0) is 20.4. The Morgan fingerprint density at radius 3 is 2.59 bits per heavy atom. The van der Waals surface area contributed by atoms with Crippen LogP contribution in [0, 0.1) is 5.82 Å². The summed E-state index contributed by atoms with van der Waals surface area (Å²) in [6.07, 6.45) is 4.27. The summed E-state index contributed by atoms with van der Waals surface area (Å²) in [5.74, 6) is 0.0988. The van der Waals surface area contributed by atoms with Gasteiger partial charge in [-0.25, -0.2) is 17.8 Å². The molecule has 2 N–H and O–H groups in total. The van der Waals surface area contributed by atoms with E-state index in [0.717, 1.165) is 32.0 Å². The number of benzene rings is 1. The Hall–Kier alpha value is -2.46. The van der Waals surface area contributed by atoms with E-state index in [-0.39, 0.29) is 34.1 Å². The molecule has 1 aromatic heterocycles. The van der Waals surface area contributed by atoms with Crippen molar-refractivity contribution in [2.24, 2.45) is 0 Å². The van der Waals surface area contributed by atoms with Gasteiger partial charge in [-0.2, -0.15) is 4.98 Å². The van der Waals surface area contributed by atoms with Crippen molar-refractivity contribution < 1.29 is 22.3 Å². The van der Waals surface area contributed by atoms with Crippen LogP contribution in [0.5, 0.6) is 11.6 Å². The van der Waals surface area contributed by atoms with Crippen LogP contribution in [0.2, 0.25) is 0 Å². The van der Waals surface area contributed by atoms with Crippen LogP contribution in [-0.4, -0.2) is 49.9 Å². The summed E-state index contributed by atoms with van der Waals surface area (Å²) in [5, 5.41) is 5.73. The molecule has 0 amide bonds. The Bertz CT molecular complexity index is 992. The van der Waals surface area contributed by atoms with Gasteiger partial charge in [0.1, 0.15) is 18.2 Å². The van der Waals surface area contributed by atoms with Gasteiger partial charge >= 0.3 is 0 Å². The Labute approximate surface area is 168 Å². The maximum Gasteiger partial charge on any atom is 0.262 e. The number of hydrogen-bond acceptors (Lipinski definition) is 8. The summed E-state index contributed by atoms with van der Waals surface area (Å²) in [7, 11) is -2.00. The molecule has 2 aliphatic rings. The van der Waals surface area contributed by atoms with Crippen LogP contribution in [0.25, 0.3) is 0 Å². The molecule has 2 fully saturated rings. The Morgan fingerprint density at radius 1 is 1.17 bits per heavy atom. The van der Waals surface area contributed by atoms with Gasteiger partial charge in [0.05, 0.1) is 22.9 Å². The molecule has 10 heteroatoms. The number of nitrogens with one attached hydrogen (secondary N) is 2. The average molecular weight is 422 g/mol. The van der Waals surface area contributed by atoms with Crippen molar-refractivity contribution in [1.82, 2.24) is 15.3 Å². The van der Waals surface area contributed by atoms with E-state index >= 15 is 0 Å². The van der Waals surface area contributed by atoms with E-state index in [9.17, 15) is 12.8 Å². The largest absolute Gasteiger partial charge is 0.489 e. The molecule has 0 radical (unpaired) electrons. The Balaban J connectivity index is 1.56. The lowest BCUT2D eigenvalue weighted by atomic mass is 10.1. The minimum Gasteiger partial charge on any atom is -0.489 e. The lowest BCUT2D eigenvalue weighted by Gasteiger charge is -2.24. The number of anilines is 2. The van der Waals surface area contributed by atoms with Gasteiger partial charge in [-0.1, -0.05) is 0 Å². The molecule has 0 unspecified atom stereocenters. The molecule has 156 valence electrons. The highest BCUT2D eigenvalue weighted by molar-refractivity contribution is 7.92. The third-order valence-corrected chi connectivity index (χ3v) is 7.29. The van der Waals surface area contributed by atoms with Gasteiger partial charge in [-0.05, 0) is 57.0 Å². The molecule has 1 saturated heterocycles. The molecule has 2 aromatic rings. The number of aromatic nitrogens is 2. The van der Waals surface area contributed by atoms with Gasteiger partial charge in [-0.15, -0.1) is 0 Å². The molecule has 1 aromatic carbocycles. The van der Waals surface area contributed by atoms with Crippen molar-refractivity contribution in [3.8, 4) is 11.6 Å². The van der Waals surface area contributed by atoms with Crippen LogP contribution in [0.4, 0.5) is 15.9 Å². The highest BCUT2D eigenvalue weighted by atomic mass is 32.2. The third kappa shape index (κ3) is 4.27. The fraction of sp³-hybridized carbons (Fsp3) is 0.474. The maximum absolute atomic E-state index is 14.6.